The number of furan rings is 1. The summed E-state index contributed by atoms with van der Waals surface area (Å²) in [5.74, 6) is 1.70. The minimum absolute atomic E-state index is 0.0781. The highest BCUT2D eigenvalue weighted by Gasteiger charge is 2.26. The van der Waals surface area contributed by atoms with Crippen LogP contribution in [-0.4, -0.2) is 30.4 Å². The van der Waals surface area contributed by atoms with Gasteiger partial charge >= 0.3 is 0 Å². The van der Waals surface area contributed by atoms with Gasteiger partial charge in [-0.1, -0.05) is 17.7 Å². The summed E-state index contributed by atoms with van der Waals surface area (Å²) in [5.41, 5.74) is 0.577. The van der Waals surface area contributed by atoms with Gasteiger partial charge < -0.3 is 9.73 Å². The molecular weight excluding hydrogens is 312 g/mol. The molecule has 5 heteroatoms. The Morgan fingerprint density at radius 2 is 2.09 bits per heavy atom. The topological polar surface area (TPSA) is 45.5 Å². The average Bonchev–Trinajstić information content (AvgIpc) is 3.20. The van der Waals surface area contributed by atoms with Crippen LogP contribution < -0.4 is 5.32 Å². The van der Waals surface area contributed by atoms with Gasteiger partial charge in [0.1, 0.15) is 11.5 Å². The van der Waals surface area contributed by atoms with Crippen LogP contribution in [0.3, 0.4) is 0 Å². The Balaban J connectivity index is 1.70. The molecular formula is C18H21ClN2O2. The lowest BCUT2D eigenvalue weighted by Crippen LogP contribution is -2.36. The van der Waals surface area contributed by atoms with Crippen LogP contribution in [0.15, 0.2) is 40.8 Å². The van der Waals surface area contributed by atoms with Gasteiger partial charge in [-0.15, -0.1) is 0 Å². The molecule has 1 unspecified atom stereocenters. The Hall–Kier alpha value is -1.78. The van der Waals surface area contributed by atoms with E-state index in [4.69, 9.17) is 16.0 Å². The van der Waals surface area contributed by atoms with Crippen molar-refractivity contribution < 1.29 is 9.21 Å². The molecule has 1 saturated heterocycles. The highest BCUT2D eigenvalue weighted by Crippen LogP contribution is 2.26. The molecule has 1 atom stereocenters. The molecule has 122 valence electrons. The van der Waals surface area contributed by atoms with E-state index in [1.165, 1.54) is 12.8 Å². The lowest BCUT2D eigenvalue weighted by atomic mass is 10.1. The Kier molecular flexibility index (Phi) is 5.03. The summed E-state index contributed by atoms with van der Waals surface area (Å²) in [6, 6.07) is 11.0. The number of benzene rings is 1. The van der Waals surface area contributed by atoms with Crippen molar-refractivity contribution in [2.75, 3.05) is 19.6 Å². The lowest BCUT2D eigenvalue weighted by molar-refractivity contribution is 0.0933. The average molecular weight is 333 g/mol. The summed E-state index contributed by atoms with van der Waals surface area (Å²) in [6.07, 6.45) is 2.39. The van der Waals surface area contributed by atoms with Crippen molar-refractivity contribution in [3.63, 3.8) is 0 Å². The molecule has 0 radical (unpaired) electrons. The monoisotopic (exact) mass is 332 g/mol. The van der Waals surface area contributed by atoms with Gasteiger partial charge in [-0.2, -0.15) is 0 Å². The second-order valence-electron chi connectivity index (χ2n) is 5.93. The maximum Gasteiger partial charge on any atom is 0.251 e. The number of carbonyl (C=O) groups is 1. The van der Waals surface area contributed by atoms with E-state index in [1.807, 2.05) is 19.1 Å². The van der Waals surface area contributed by atoms with Crippen molar-refractivity contribution in [3.05, 3.63) is 58.5 Å². The minimum Gasteiger partial charge on any atom is -0.465 e. The summed E-state index contributed by atoms with van der Waals surface area (Å²) < 4.78 is 5.80. The third-order valence-electron chi connectivity index (χ3n) is 4.21. The van der Waals surface area contributed by atoms with Gasteiger partial charge in [0, 0.05) is 17.1 Å². The number of amides is 1. The maximum atomic E-state index is 12.3. The van der Waals surface area contributed by atoms with E-state index >= 15 is 0 Å². The molecule has 1 aliphatic rings. The van der Waals surface area contributed by atoms with E-state index in [2.05, 4.69) is 10.2 Å². The summed E-state index contributed by atoms with van der Waals surface area (Å²) in [7, 11) is 0. The largest absolute Gasteiger partial charge is 0.465 e. The van der Waals surface area contributed by atoms with Crippen LogP contribution in [0.2, 0.25) is 5.02 Å². The van der Waals surface area contributed by atoms with Crippen molar-refractivity contribution in [2.24, 2.45) is 0 Å². The Labute approximate surface area is 141 Å². The van der Waals surface area contributed by atoms with Crippen LogP contribution in [-0.2, 0) is 0 Å². The first-order valence-corrected chi connectivity index (χ1v) is 8.35. The SMILES string of the molecule is Cc1ccc(C(CNC(=O)c2cccc(Cl)c2)N2CCCC2)o1. The first-order valence-electron chi connectivity index (χ1n) is 7.97. The standard InChI is InChI=1S/C18H21ClN2O2/c1-13-7-8-17(23-13)16(21-9-2-3-10-21)12-20-18(22)14-5-4-6-15(19)11-14/h4-8,11,16H,2-3,9-10,12H2,1H3,(H,20,22). The summed E-state index contributed by atoms with van der Waals surface area (Å²) in [5, 5.41) is 3.58. The number of hydrogen-bond acceptors (Lipinski definition) is 3. The van der Waals surface area contributed by atoms with Crippen molar-refractivity contribution in [1.82, 2.24) is 10.2 Å². The molecule has 0 aliphatic carbocycles. The van der Waals surface area contributed by atoms with E-state index in [1.54, 1.807) is 24.3 Å². The predicted octanol–water partition coefficient (Wildman–Crippen LogP) is 3.81. The molecule has 1 aromatic heterocycles. The Bertz CT molecular complexity index is 677. The number of rotatable bonds is 5. The highest BCUT2D eigenvalue weighted by molar-refractivity contribution is 6.30. The molecule has 3 rings (SSSR count). The molecule has 1 amide bonds. The van der Waals surface area contributed by atoms with E-state index in [-0.39, 0.29) is 11.9 Å². The second kappa shape index (κ2) is 7.20. The molecule has 4 nitrogen and oxygen atoms in total. The minimum atomic E-state index is -0.111. The smallest absolute Gasteiger partial charge is 0.251 e. The second-order valence-corrected chi connectivity index (χ2v) is 6.36. The zero-order valence-corrected chi connectivity index (χ0v) is 14.0. The molecule has 1 fully saturated rings. The van der Waals surface area contributed by atoms with Crippen LogP contribution in [0.4, 0.5) is 0 Å². The first kappa shape index (κ1) is 16.1. The summed E-state index contributed by atoms with van der Waals surface area (Å²) in [6.45, 7) is 4.54. The fourth-order valence-electron chi connectivity index (χ4n) is 3.02. The van der Waals surface area contributed by atoms with E-state index < -0.39 is 0 Å². The van der Waals surface area contributed by atoms with E-state index in [9.17, 15) is 4.79 Å². The quantitative estimate of drug-likeness (QED) is 0.905. The van der Waals surface area contributed by atoms with Crippen LogP contribution in [0, 0.1) is 6.92 Å². The Morgan fingerprint density at radius 1 is 1.30 bits per heavy atom. The van der Waals surface area contributed by atoms with Gasteiger partial charge in [0.15, 0.2) is 0 Å². The lowest BCUT2D eigenvalue weighted by Gasteiger charge is -2.26. The molecule has 2 aromatic rings. The van der Waals surface area contributed by atoms with Crippen LogP contribution >= 0.6 is 11.6 Å². The maximum absolute atomic E-state index is 12.3. The van der Waals surface area contributed by atoms with Crippen molar-refractivity contribution in [1.29, 1.82) is 0 Å². The first-order chi connectivity index (χ1) is 11.1. The fourth-order valence-corrected chi connectivity index (χ4v) is 3.21. The third kappa shape index (κ3) is 3.95. The van der Waals surface area contributed by atoms with Gasteiger partial charge in [0.2, 0.25) is 0 Å². The Morgan fingerprint density at radius 3 is 2.74 bits per heavy atom. The van der Waals surface area contributed by atoms with Crippen LogP contribution in [0.25, 0.3) is 0 Å². The van der Waals surface area contributed by atoms with Crippen molar-refractivity contribution >= 4 is 17.5 Å². The molecule has 0 bridgehead atoms. The number of halogens is 1. The zero-order chi connectivity index (χ0) is 16.2. The molecule has 0 saturated carbocycles. The fraction of sp³-hybridized carbons (Fsp3) is 0.389. The van der Waals surface area contributed by atoms with Gasteiger partial charge in [-0.05, 0) is 63.2 Å². The van der Waals surface area contributed by atoms with E-state index in [0.29, 0.717) is 17.1 Å². The number of carbonyl (C=O) groups excluding carboxylic acids is 1. The molecule has 1 aliphatic heterocycles. The van der Waals surface area contributed by atoms with Gasteiger partial charge in [0.25, 0.3) is 5.91 Å². The molecule has 23 heavy (non-hydrogen) atoms. The summed E-state index contributed by atoms with van der Waals surface area (Å²) >= 11 is 5.95. The zero-order valence-electron chi connectivity index (χ0n) is 13.2. The number of hydrogen-bond donors (Lipinski definition) is 1. The third-order valence-corrected chi connectivity index (χ3v) is 4.45. The molecule has 1 aromatic carbocycles. The van der Waals surface area contributed by atoms with Crippen molar-refractivity contribution in [3.8, 4) is 0 Å². The number of likely N-dealkylation sites (tertiary alicyclic amines) is 1. The van der Waals surface area contributed by atoms with Crippen LogP contribution in [0.1, 0.15) is 40.8 Å². The van der Waals surface area contributed by atoms with E-state index in [0.717, 1.165) is 24.6 Å². The molecule has 2 heterocycles. The molecule has 0 spiro atoms. The normalized spacial score (nSPS) is 16.4. The molecule has 1 N–H and O–H groups in total. The summed E-state index contributed by atoms with van der Waals surface area (Å²) in [4.78, 5) is 14.7. The number of aryl methyl sites for hydroxylation is 1. The van der Waals surface area contributed by atoms with Gasteiger partial charge in [0.05, 0.1) is 6.04 Å². The van der Waals surface area contributed by atoms with Crippen molar-refractivity contribution in [2.45, 2.75) is 25.8 Å². The number of nitrogens with zero attached hydrogens (tertiary/aromatic N) is 1. The van der Waals surface area contributed by atoms with Gasteiger partial charge in [-0.3, -0.25) is 9.69 Å². The highest BCUT2D eigenvalue weighted by atomic mass is 35.5. The number of nitrogens with one attached hydrogen (secondary N) is 1. The van der Waals surface area contributed by atoms with Gasteiger partial charge in [-0.25, -0.2) is 0 Å². The van der Waals surface area contributed by atoms with Crippen LogP contribution in [0.5, 0.6) is 0 Å². The predicted molar refractivity (Wildman–Crippen MR) is 90.8 cm³/mol.